The fourth-order valence-electron chi connectivity index (χ4n) is 2.88. The molecule has 0 spiro atoms. The summed E-state index contributed by atoms with van der Waals surface area (Å²) in [6, 6.07) is 11.3. The first kappa shape index (κ1) is 19.4. The Bertz CT molecular complexity index is 713. The van der Waals surface area contributed by atoms with Crippen LogP contribution in [0.4, 0.5) is 5.69 Å². The highest BCUT2D eigenvalue weighted by Crippen LogP contribution is 2.18. The zero-order valence-corrected chi connectivity index (χ0v) is 15.7. The minimum Gasteiger partial charge on any atom is -0.339 e. The number of carbonyl (C=O) groups excluding carboxylic acids is 2. The lowest BCUT2D eigenvalue weighted by Crippen LogP contribution is -2.43. The number of likely N-dealkylation sites (tertiary alicyclic amines) is 1. The molecule has 0 bridgehead atoms. The Morgan fingerprint density at radius 3 is 2.56 bits per heavy atom. The molecule has 25 heavy (non-hydrogen) atoms. The molecule has 0 unspecified atom stereocenters. The number of benzene rings is 1. The molecule has 0 radical (unpaired) electrons. The number of hydrogen-bond donors (Lipinski definition) is 2. The lowest BCUT2D eigenvalue weighted by molar-refractivity contribution is 0.0707. The fraction of sp³-hybridized carbons (Fsp3) is 0.333. The van der Waals surface area contributed by atoms with Crippen LogP contribution in [-0.2, 0) is 0 Å². The van der Waals surface area contributed by atoms with Crippen molar-refractivity contribution in [3.8, 4) is 0 Å². The number of thiophene rings is 1. The van der Waals surface area contributed by atoms with Crippen LogP contribution < -0.4 is 10.6 Å². The Balaban J connectivity index is 0.00000225. The van der Waals surface area contributed by atoms with E-state index in [1.165, 1.54) is 11.3 Å². The number of piperidine rings is 1. The van der Waals surface area contributed by atoms with Gasteiger partial charge in [-0.25, -0.2) is 0 Å². The molecule has 1 aromatic carbocycles. The van der Waals surface area contributed by atoms with Crippen molar-refractivity contribution in [1.29, 1.82) is 0 Å². The van der Waals surface area contributed by atoms with Crippen molar-refractivity contribution in [2.24, 2.45) is 0 Å². The first-order valence-corrected chi connectivity index (χ1v) is 8.97. The summed E-state index contributed by atoms with van der Waals surface area (Å²) in [7, 11) is 1.96. The summed E-state index contributed by atoms with van der Waals surface area (Å²) in [4.78, 5) is 27.3. The molecule has 7 heteroatoms. The van der Waals surface area contributed by atoms with Gasteiger partial charge in [0.2, 0.25) is 0 Å². The van der Waals surface area contributed by atoms with Crippen LogP contribution in [0.2, 0.25) is 0 Å². The molecule has 5 nitrogen and oxygen atoms in total. The molecule has 2 N–H and O–H groups in total. The van der Waals surface area contributed by atoms with Gasteiger partial charge in [0.15, 0.2) is 0 Å². The predicted octanol–water partition coefficient (Wildman–Crippen LogP) is 3.25. The third-order valence-electron chi connectivity index (χ3n) is 4.30. The molecule has 2 aromatic rings. The van der Waals surface area contributed by atoms with E-state index in [0.29, 0.717) is 22.2 Å². The van der Waals surface area contributed by atoms with Crippen molar-refractivity contribution >= 4 is 41.2 Å². The second-order valence-electron chi connectivity index (χ2n) is 5.87. The van der Waals surface area contributed by atoms with Gasteiger partial charge in [-0.05, 0) is 49.5 Å². The highest BCUT2D eigenvalue weighted by atomic mass is 35.5. The largest absolute Gasteiger partial charge is 0.339 e. The van der Waals surface area contributed by atoms with Crippen molar-refractivity contribution in [2.45, 2.75) is 18.9 Å². The topological polar surface area (TPSA) is 61.4 Å². The average molecular weight is 380 g/mol. The summed E-state index contributed by atoms with van der Waals surface area (Å²) in [5.41, 5.74) is 1.26. The standard InChI is InChI=1S/C18H21N3O2S.ClH/c1-19-14-7-9-21(10-8-14)18(23)13-4-2-5-15(12-13)20-17(22)16-6-3-11-24-16;/h2-6,11-12,14,19H,7-10H2,1H3,(H,20,22);1H. The summed E-state index contributed by atoms with van der Waals surface area (Å²) in [5, 5.41) is 7.98. The van der Waals surface area contributed by atoms with E-state index in [0.717, 1.165) is 25.9 Å². The van der Waals surface area contributed by atoms with Crippen LogP contribution in [0.1, 0.15) is 32.9 Å². The minimum atomic E-state index is -0.149. The number of nitrogens with one attached hydrogen (secondary N) is 2. The number of carbonyl (C=O) groups is 2. The Labute approximate surface area is 157 Å². The molecular formula is C18H22ClN3O2S. The normalized spacial score (nSPS) is 14.7. The van der Waals surface area contributed by atoms with Crippen molar-refractivity contribution in [3.05, 3.63) is 52.2 Å². The van der Waals surface area contributed by atoms with Crippen LogP contribution in [0, 0.1) is 0 Å². The van der Waals surface area contributed by atoms with Crippen LogP contribution in [-0.4, -0.2) is 42.9 Å². The summed E-state index contributed by atoms with van der Waals surface area (Å²) in [5.74, 6) is -0.124. The van der Waals surface area contributed by atoms with E-state index in [2.05, 4.69) is 10.6 Å². The molecule has 0 aliphatic carbocycles. The van der Waals surface area contributed by atoms with E-state index < -0.39 is 0 Å². The van der Waals surface area contributed by atoms with Gasteiger partial charge in [-0.15, -0.1) is 23.7 Å². The Hall–Kier alpha value is -1.89. The van der Waals surface area contributed by atoms with E-state index in [9.17, 15) is 9.59 Å². The molecule has 2 amide bonds. The third-order valence-corrected chi connectivity index (χ3v) is 5.17. The maximum atomic E-state index is 12.7. The van der Waals surface area contributed by atoms with Crippen molar-refractivity contribution in [2.75, 3.05) is 25.5 Å². The summed E-state index contributed by atoms with van der Waals surface area (Å²) in [6.07, 6.45) is 1.94. The lowest BCUT2D eigenvalue weighted by atomic mass is 10.0. The Morgan fingerprint density at radius 2 is 1.92 bits per heavy atom. The van der Waals surface area contributed by atoms with Crippen LogP contribution in [0.5, 0.6) is 0 Å². The SMILES string of the molecule is CNC1CCN(C(=O)c2cccc(NC(=O)c3cccs3)c2)CC1.Cl. The van der Waals surface area contributed by atoms with Crippen molar-refractivity contribution < 1.29 is 9.59 Å². The number of anilines is 1. The Kier molecular flexibility index (Phi) is 6.99. The van der Waals surface area contributed by atoms with Crippen LogP contribution in [0.15, 0.2) is 41.8 Å². The molecule has 1 aliphatic rings. The number of halogens is 1. The van der Waals surface area contributed by atoms with E-state index in [-0.39, 0.29) is 24.2 Å². The molecule has 1 fully saturated rings. The minimum absolute atomic E-state index is 0. The Morgan fingerprint density at radius 1 is 1.16 bits per heavy atom. The van der Waals surface area contributed by atoms with E-state index >= 15 is 0 Å². The highest BCUT2D eigenvalue weighted by Gasteiger charge is 2.22. The molecule has 0 saturated carbocycles. The van der Waals surface area contributed by atoms with Gasteiger partial charge in [0.05, 0.1) is 4.88 Å². The van der Waals surface area contributed by atoms with Crippen molar-refractivity contribution in [3.63, 3.8) is 0 Å². The first-order chi connectivity index (χ1) is 11.7. The van der Waals surface area contributed by atoms with Gasteiger partial charge < -0.3 is 15.5 Å². The fourth-order valence-corrected chi connectivity index (χ4v) is 3.50. The van der Waals surface area contributed by atoms with E-state index in [4.69, 9.17) is 0 Å². The van der Waals surface area contributed by atoms with Gasteiger partial charge in [-0.1, -0.05) is 12.1 Å². The van der Waals surface area contributed by atoms with Gasteiger partial charge in [-0.2, -0.15) is 0 Å². The second kappa shape index (κ2) is 8.99. The maximum Gasteiger partial charge on any atom is 0.265 e. The smallest absolute Gasteiger partial charge is 0.265 e. The second-order valence-corrected chi connectivity index (χ2v) is 6.82. The van der Waals surface area contributed by atoms with Crippen LogP contribution in [0.25, 0.3) is 0 Å². The third kappa shape index (κ3) is 4.81. The summed E-state index contributed by atoms with van der Waals surface area (Å²) < 4.78 is 0. The summed E-state index contributed by atoms with van der Waals surface area (Å²) in [6.45, 7) is 1.52. The molecule has 1 saturated heterocycles. The van der Waals surface area contributed by atoms with Gasteiger partial charge >= 0.3 is 0 Å². The number of nitrogens with zero attached hydrogens (tertiary/aromatic N) is 1. The molecule has 1 aliphatic heterocycles. The van der Waals surface area contributed by atoms with Gasteiger partial charge in [-0.3, -0.25) is 9.59 Å². The maximum absolute atomic E-state index is 12.7. The quantitative estimate of drug-likeness (QED) is 0.857. The zero-order valence-electron chi connectivity index (χ0n) is 14.0. The monoisotopic (exact) mass is 379 g/mol. The number of amides is 2. The molecule has 0 atom stereocenters. The van der Waals surface area contributed by atoms with Gasteiger partial charge in [0, 0.05) is 30.4 Å². The van der Waals surface area contributed by atoms with Crippen molar-refractivity contribution in [1.82, 2.24) is 10.2 Å². The summed E-state index contributed by atoms with van der Waals surface area (Å²) >= 11 is 1.39. The molecular weight excluding hydrogens is 358 g/mol. The number of hydrogen-bond acceptors (Lipinski definition) is 4. The first-order valence-electron chi connectivity index (χ1n) is 8.09. The number of rotatable bonds is 4. The lowest BCUT2D eigenvalue weighted by Gasteiger charge is -2.32. The molecule has 2 heterocycles. The molecule has 1 aromatic heterocycles. The van der Waals surface area contributed by atoms with Crippen LogP contribution in [0.3, 0.4) is 0 Å². The van der Waals surface area contributed by atoms with Crippen LogP contribution >= 0.6 is 23.7 Å². The zero-order chi connectivity index (χ0) is 16.9. The molecule has 134 valence electrons. The predicted molar refractivity (Wildman–Crippen MR) is 104 cm³/mol. The van der Waals surface area contributed by atoms with E-state index in [1.54, 1.807) is 30.3 Å². The average Bonchev–Trinajstić information content (AvgIpc) is 3.16. The van der Waals surface area contributed by atoms with E-state index in [1.807, 2.05) is 23.4 Å². The van der Waals surface area contributed by atoms with Gasteiger partial charge in [0.1, 0.15) is 0 Å². The molecule has 3 rings (SSSR count). The van der Waals surface area contributed by atoms with Gasteiger partial charge in [0.25, 0.3) is 11.8 Å². The highest BCUT2D eigenvalue weighted by molar-refractivity contribution is 7.12.